The highest BCUT2D eigenvalue weighted by molar-refractivity contribution is 5.84. The van der Waals surface area contributed by atoms with E-state index < -0.39 is 11.7 Å². The highest BCUT2D eigenvalue weighted by Crippen LogP contribution is 2.17. The molecule has 19 heavy (non-hydrogen) atoms. The summed E-state index contributed by atoms with van der Waals surface area (Å²) in [5.41, 5.74) is 6.05. The molecule has 0 aliphatic heterocycles. The summed E-state index contributed by atoms with van der Waals surface area (Å²) in [4.78, 5) is 11.6. The molecular weight excluding hydrogens is 247 g/mol. The second kappa shape index (κ2) is 6.02. The van der Waals surface area contributed by atoms with Crippen LogP contribution >= 0.6 is 0 Å². The third-order valence-corrected chi connectivity index (χ3v) is 2.23. The lowest BCUT2D eigenvalue weighted by atomic mass is 10.1. The second-order valence-electron chi connectivity index (χ2n) is 5.61. The van der Waals surface area contributed by atoms with Gasteiger partial charge in [0.15, 0.2) is 0 Å². The minimum atomic E-state index is -0.571. The van der Waals surface area contributed by atoms with E-state index in [1.807, 2.05) is 0 Å². The van der Waals surface area contributed by atoms with Crippen LogP contribution in [0.4, 0.5) is 14.9 Å². The van der Waals surface area contributed by atoms with Gasteiger partial charge < -0.3 is 10.5 Å². The topological polar surface area (TPSA) is 64.3 Å². The minimum Gasteiger partial charge on any atom is -0.444 e. The average molecular weight is 268 g/mol. The molecule has 0 saturated carbocycles. The van der Waals surface area contributed by atoms with E-state index in [2.05, 4.69) is 5.32 Å². The van der Waals surface area contributed by atoms with Crippen molar-refractivity contribution in [2.24, 2.45) is 5.73 Å². The zero-order valence-corrected chi connectivity index (χ0v) is 11.8. The van der Waals surface area contributed by atoms with E-state index in [0.717, 1.165) is 0 Å². The predicted molar refractivity (Wildman–Crippen MR) is 73.6 cm³/mol. The zero-order chi connectivity index (χ0) is 14.6. The summed E-state index contributed by atoms with van der Waals surface area (Å²) in [6, 6.07) is 4.23. The fraction of sp³-hybridized carbons (Fsp3) is 0.500. The predicted octanol–water partition coefficient (Wildman–Crippen LogP) is 3.06. The van der Waals surface area contributed by atoms with E-state index in [1.165, 1.54) is 12.1 Å². The van der Waals surface area contributed by atoms with Crippen LogP contribution < -0.4 is 11.1 Å². The van der Waals surface area contributed by atoms with Gasteiger partial charge in [0.2, 0.25) is 0 Å². The van der Waals surface area contributed by atoms with Crippen molar-refractivity contribution in [3.63, 3.8) is 0 Å². The summed E-state index contributed by atoms with van der Waals surface area (Å²) >= 11 is 0. The first-order valence-corrected chi connectivity index (χ1v) is 6.21. The summed E-state index contributed by atoms with van der Waals surface area (Å²) in [7, 11) is 0. The molecule has 0 aromatic heterocycles. The van der Waals surface area contributed by atoms with Gasteiger partial charge in [-0.05, 0) is 57.9 Å². The van der Waals surface area contributed by atoms with Gasteiger partial charge in [-0.1, -0.05) is 0 Å². The molecule has 1 atom stereocenters. The number of nitrogens with two attached hydrogens (primary N) is 1. The van der Waals surface area contributed by atoms with Crippen LogP contribution in [0.25, 0.3) is 0 Å². The molecule has 5 heteroatoms. The Hall–Kier alpha value is -1.62. The number of hydrogen-bond acceptors (Lipinski definition) is 3. The van der Waals surface area contributed by atoms with Crippen LogP contribution in [0.1, 0.15) is 33.3 Å². The number of carbonyl (C=O) groups excluding carboxylic acids is 1. The van der Waals surface area contributed by atoms with Crippen molar-refractivity contribution in [1.29, 1.82) is 0 Å². The van der Waals surface area contributed by atoms with Crippen LogP contribution in [-0.2, 0) is 11.2 Å². The molecule has 0 saturated heterocycles. The van der Waals surface area contributed by atoms with Crippen molar-refractivity contribution in [2.45, 2.75) is 45.8 Å². The number of anilines is 1. The number of benzene rings is 1. The number of carbonyl (C=O) groups is 1. The van der Waals surface area contributed by atoms with Gasteiger partial charge in [-0.2, -0.15) is 0 Å². The Morgan fingerprint density at radius 3 is 2.63 bits per heavy atom. The Morgan fingerprint density at radius 2 is 2.11 bits per heavy atom. The maximum atomic E-state index is 13.5. The SMILES string of the molecule is CC(N)Cc1cc(NC(=O)OC(C)(C)C)ccc1F. The molecule has 3 N–H and O–H groups in total. The van der Waals surface area contributed by atoms with E-state index >= 15 is 0 Å². The van der Waals surface area contributed by atoms with E-state index in [1.54, 1.807) is 33.8 Å². The van der Waals surface area contributed by atoms with E-state index in [0.29, 0.717) is 17.7 Å². The van der Waals surface area contributed by atoms with Crippen LogP contribution in [0, 0.1) is 5.82 Å². The number of nitrogens with one attached hydrogen (secondary N) is 1. The molecule has 0 aliphatic carbocycles. The van der Waals surface area contributed by atoms with Crippen molar-refractivity contribution >= 4 is 11.8 Å². The lowest BCUT2D eigenvalue weighted by Gasteiger charge is -2.20. The summed E-state index contributed by atoms with van der Waals surface area (Å²) in [6.45, 7) is 7.13. The van der Waals surface area contributed by atoms with Crippen LogP contribution in [0.5, 0.6) is 0 Å². The number of rotatable bonds is 3. The summed E-state index contributed by atoms with van der Waals surface area (Å²) in [5.74, 6) is -0.327. The lowest BCUT2D eigenvalue weighted by molar-refractivity contribution is 0.0636. The first-order chi connectivity index (χ1) is 8.67. The monoisotopic (exact) mass is 268 g/mol. The Kier molecular flexibility index (Phi) is 4.89. The molecule has 0 aliphatic rings. The first-order valence-electron chi connectivity index (χ1n) is 6.21. The first kappa shape index (κ1) is 15.4. The van der Waals surface area contributed by atoms with Gasteiger partial charge in [-0.3, -0.25) is 5.32 Å². The van der Waals surface area contributed by atoms with Crippen LogP contribution in [0.15, 0.2) is 18.2 Å². The molecule has 0 fully saturated rings. The molecular formula is C14H21FN2O2. The van der Waals surface area contributed by atoms with Crippen molar-refractivity contribution in [2.75, 3.05) is 5.32 Å². The lowest BCUT2D eigenvalue weighted by Crippen LogP contribution is -2.27. The quantitative estimate of drug-likeness (QED) is 0.885. The molecule has 1 aromatic rings. The standard InChI is InChI=1S/C14H21FN2O2/c1-9(16)7-10-8-11(5-6-12(10)15)17-13(18)19-14(2,3)4/h5-6,8-9H,7,16H2,1-4H3,(H,17,18). The summed E-state index contributed by atoms with van der Waals surface area (Å²) < 4.78 is 18.7. The van der Waals surface area contributed by atoms with Crippen molar-refractivity contribution in [3.05, 3.63) is 29.6 Å². The largest absolute Gasteiger partial charge is 0.444 e. The fourth-order valence-corrected chi connectivity index (χ4v) is 1.58. The molecule has 1 rings (SSSR count). The molecule has 0 spiro atoms. The molecule has 0 radical (unpaired) electrons. The van der Waals surface area contributed by atoms with E-state index in [4.69, 9.17) is 10.5 Å². The molecule has 1 unspecified atom stereocenters. The number of ether oxygens (including phenoxy) is 1. The van der Waals surface area contributed by atoms with Gasteiger partial charge in [0.05, 0.1) is 0 Å². The van der Waals surface area contributed by atoms with Crippen LogP contribution in [0.3, 0.4) is 0 Å². The minimum absolute atomic E-state index is 0.147. The van der Waals surface area contributed by atoms with Gasteiger partial charge >= 0.3 is 6.09 Å². The van der Waals surface area contributed by atoms with Gasteiger partial charge in [0.1, 0.15) is 11.4 Å². The van der Waals surface area contributed by atoms with Gasteiger partial charge in [0, 0.05) is 11.7 Å². The average Bonchev–Trinajstić information content (AvgIpc) is 2.19. The van der Waals surface area contributed by atoms with Crippen LogP contribution in [-0.4, -0.2) is 17.7 Å². The maximum Gasteiger partial charge on any atom is 0.412 e. The zero-order valence-electron chi connectivity index (χ0n) is 11.8. The number of halogens is 1. The molecule has 0 heterocycles. The highest BCUT2D eigenvalue weighted by atomic mass is 19.1. The molecule has 4 nitrogen and oxygen atoms in total. The second-order valence-corrected chi connectivity index (χ2v) is 5.61. The Balaban J connectivity index is 2.77. The molecule has 1 amide bonds. The molecule has 1 aromatic carbocycles. The third kappa shape index (κ3) is 5.70. The van der Waals surface area contributed by atoms with E-state index in [9.17, 15) is 9.18 Å². The third-order valence-electron chi connectivity index (χ3n) is 2.23. The van der Waals surface area contributed by atoms with Gasteiger partial charge in [0.25, 0.3) is 0 Å². The molecule has 0 bridgehead atoms. The summed E-state index contributed by atoms with van der Waals surface area (Å²) in [5, 5.41) is 2.57. The molecule has 106 valence electrons. The van der Waals surface area contributed by atoms with Gasteiger partial charge in [-0.25, -0.2) is 9.18 Å². The van der Waals surface area contributed by atoms with Crippen molar-refractivity contribution in [3.8, 4) is 0 Å². The Labute approximate surface area is 113 Å². The van der Waals surface area contributed by atoms with Crippen LogP contribution in [0.2, 0.25) is 0 Å². The summed E-state index contributed by atoms with van der Waals surface area (Å²) in [6.07, 6.45) is -0.152. The fourth-order valence-electron chi connectivity index (χ4n) is 1.58. The normalized spacial score (nSPS) is 12.9. The highest BCUT2D eigenvalue weighted by Gasteiger charge is 2.16. The van der Waals surface area contributed by atoms with E-state index in [-0.39, 0.29) is 11.9 Å². The Bertz CT molecular complexity index is 453. The maximum absolute atomic E-state index is 13.5. The van der Waals surface area contributed by atoms with Gasteiger partial charge in [-0.15, -0.1) is 0 Å². The number of hydrogen-bond donors (Lipinski definition) is 2. The Morgan fingerprint density at radius 1 is 1.47 bits per heavy atom. The number of amides is 1. The smallest absolute Gasteiger partial charge is 0.412 e. The van der Waals surface area contributed by atoms with Crippen molar-refractivity contribution < 1.29 is 13.9 Å². The van der Waals surface area contributed by atoms with Crippen molar-refractivity contribution in [1.82, 2.24) is 0 Å².